The van der Waals surface area contributed by atoms with Gasteiger partial charge in [0.2, 0.25) is 0 Å². The van der Waals surface area contributed by atoms with Crippen LogP contribution >= 0.6 is 11.6 Å². The van der Waals surface area contributed by atoms with Crippen molar-refractivity contribution in [2.75, 3.05) is 39.4 Å². The van der Waals surface area contributed by atoms with Crippen molar-refractivity contribution in [3.63, 3.8) is 0 Å². The first-order chi connectivity index (χ1) is 15.0. The summed E-state index contributed by atoms with van der Waals surface area (Å²) in [6.07, 6.45) is 2.54. The molecule has 2 heterocycles. The van der Waals surface area contributed by atoms with Gasteiger partial charge in [0.15, 0.2) is 5.78 Å². The molecule has 0 bridgehead atoms. The van der Waals surface area contributed by atoms with E-state index in [2.05, 4.69) is 5.32 Å². The topological polar surface area (TPSA) is 81.8 Å². The Morgan fingerprint density at radius 2 is 1.87 bits per heavy atom. The molecule has 0 saturated carbocycles. The number of ether oxygens (including phenoxy) is 1. The summed E-state index contributed by atoms with van der Waals surface area (Å²) < 4.78 is 6.86. The number of benzene rings is 1. The molecule has 1 aromatic heterocycles. The number of pyridine rings is 1. The molecule has 1 aliphatic heterocycles. The Morgan fingerprint density at radius 3 is 2.61 bits per heavy atom. The monoisotopic (exact) mass is 444 g/mol. The maximum atomic E-state index is 13.3. The molecule has 0 spiro atoms. The fraction of sp³-hybridized carbons (Fsp3) is 0.435. The quantitative estimate of drug-likeness (QED) is 0.652. The number of fused-ring (bicyclic) bond motifs is 1. The van der Waals surface area contributed by atoms with Gasteiger partial charge in [0.25, 0.3) is 11.5 Å². The molecule has 0 atom stereocenters. The van der Waals surface area contributed by atoms with Crippen LogP contribution in [0.25, 0.3) is 5.69 Å². The highest BCUT2D eigenvalue weighted by Gasteiger charge is 2.26. The Balaban J connectivity index is 1.57. The van der Waals surface area contributed by atoms with Gasteiger partial charge in [-0.15, -0.1) is 0 Å². The standard InChI is InChI=1S/C23H26ClN3O4/c24-16-5-7-17(8-6-16)27-20-3-1-4-21(28)18(20)15-19(23(27)30)22(29)25-9-2-10-26-11-13-31-14-12-26/h5-8,15H,1-4,9-14H2,(H,25,29)/p+1. The zero-order valence-corrected chi connectivity index (χ0v) is 18.2. The van der Waals surface area contributed by atoms with Crippen LogP contribution in [0.4, 0.5) is 0 Å². The minimum Gasteiger partial charge on any atom is -0.370 e. The van der Waals surface area contributed by atoms with Crippen LogP contribution in [0, 0.1) is 0 Å². The van der Waals surface area contributed by atoms with E-state index in [0.717, 1.165) is 39.3 Å². The van der Waals surface area contributed by atoms with Gasteiger partial charge in [-0.1, -0.05) is 11.6 Å². The number of rotatable bonds is 6. The number of morpholine rings is 1. The number of carbonyl (C=O) groups excluding carboxylic acids is 2. The number of quaternary nitrogens is 1. The zero-order chi connectivity index (χ0) is 21.8. The fourth-order valence-corrected chi connectivity index (χ4v) is 4.39. The Bertz CT molecular complexity index is 1030. The maximum Gasteiger partial charge on any atom is 0.268 e. The summed E-state index contributed by atoms with van der Waals surface area (Å²) >= 11 is 6.00. The fourth-order valence-electron chi connectivity index (χ4n) is 4.26. The van der Waals surface area contributed by atoms with Crippen LogP contribution in [0.3, 0.4) is 0 Å². The minimum absolute atomic E-state index is 0.00247. The van der Waals surface area contributed by atoms with E-state index in [1.807, 2.05) is 0 Å². The van der Waals surface area contributed by atoms with Crippen LogP contribution in [0.1, 0.15) is 45.7 Å². The predicted molar refractivity (Wildman–Crippen MR) is 118 cm³/mol. The molecule has 31 heavy (non-hydrogen) atoms. The second-order valence-corrected chi connectivity index (χ2v) is 8.47. The van der Waals surface area contributed by atoms with Crippen molar-refractivity contribution in [3.8, 4) is 5.69 Å². The molecule has 8 heteroatoms. The van der Waals surface area contributed by atoms with Crippen molar-refractivity contribution in [1.82, 2.24) is 9.88 Å². The van der Waals surface area contributed by atoms with E-state index in [1.54, 1.807) is 24.3 Å². The molecule has 1 saturated heterocycles. The molecule has 1 amide bonds. The molecule has 2 aliphatic rings. The smallest absolute Gasteiger partial charge is 0.268 e. The van der Waals surface area contributed by atoms with E-state index in [0.29, 0.717) is 47.8 Å². The Labute approximate surface area is 185 Å². The molecule has 2 N–H and O–H groups in total. The Hall–Kier alpha value is -2.48. The average molecular weight is 445 g/mol. The minimum atomic E-state index is -0.439. The zero-order valence-electron chi connectivity index (χ0n) is 17.4. The number of halogens is 1. The molecular formula is C23H27ClN3O4+. The van der Waals surface area contributed by atoms with E-state index in [1.165, 1.54) is 15.5 Å². The lowest BCUT2D eigenvalue weighted by atomic mass is 9.92. The van der Waals surface area contributed by atoms with Crippen LogP contribution < -0.4 is 15.8 Å². The van der Waals surface area contributed by atoms with Gasteiger partial charge < -0.3 is 15.0 Å². The van der Waals surface area contributed by atoms with Crippen LogP contribution in [0.5, 0.6) is 0 Å². The second-order valence-electron chi connectivity index (χ2n) is 8.03. The second kappa shape index (κ2) is 9.77. The van der Waals surface area contributed by atoms with E-state index < -0.39 is 11.5 Å². The molecule has 2 aromatic rings. The van der Waals surface area contributed by atoms with Gasteiger partial charge in [-0.25, -0.2) is 0 Å². The molecule has 1 fully saturated rings. The van der Waals surface area contributed by atoms with E-state index in [9.17, 15) is 14.4 Å². The third-order valence-corrected chi connectivity index (χ3v) is 6.19. The predicted octanol–water partition coefficient (Wildman–Crippen LogP) is 1.04. The number of amides is 1. The van der Waals surface area contributed by atoms with Gasteiger partial charge in [0.1, 0.15) is 18.7 Å². The molecule has 4 rings (SSSR count). The first-order valence-electron chi connectivity index (χ1n) is 10.8. The Kier molecular flexibility index (Phi) is 6.85. The summed E-state index contributed by atoms with van der Waals surface area (Å²) in [6.45, 7) is 4.93. The van der Waals surface area contributed by atoms with Gasteiger partial charge in [0.05, 0.1) is 19.8 Å². The number of aromatic nitrogens is 1. The number of nitrogens with one attached hydrogen (secondary N) is 2. The lowest BCUT2D eigenvalue weighted by molar-refractivity contribution is -0.908. The van der Waals surface area contributed by atoms with Gasteiger partial charge in [-0.2, -0.15) is 0 Å². The van der Waals surface area contributed by atoms with Crippen molar-refractivity contribution in [2.45, 2.75) is 25.7 Å². The molecule has 164 valence electrons. The van der Waals surface area contributed by atoms with Crippen molar-refractivity contribution in [1.29, 1.82) is 0 Å². The first-order valence-corrected chi connectivity index (χ1v) is 11.2. The number of ketones is 1. The Morgan fingerprint density at radius 1 is 1.13 bits per heavy atom. The van der Waals surface area contributed by atoms with Crippen LogP contribution in [-0.2, 0) is 11.2 Å². The third kappa shape index (κ3) is 4.89. The van der Waals surface area contributed by atoms with Crippen LogP contribution in [0.2, 0.25) is 5.02 Å². The van der Waals surface area contributed by atoms with Gasteiger partial charge in [0, 0.05) is 41.4 Å². The summed E-state index contributed by atoms with van der Waals surface area (Å²) in [7, 11) is 0. The van der Waals surface area contributed by atoms with Gasteiger partial charge >= 0.3 is 0 Å². The highest BCUT2D eigenvalue weighted by atomic mass is 35.5. The SMILES string of the molecule is O=C1CCCc2c1cc(C(=O)NCCC[NH+]1CCOCC1)c(=O)n2-c1ccc(Cl)cc1. The van der Waals surface area contributed by atoms with E-state index in [-0.39, 0.29) is 11.3 Å². The summed E-state index contributed by atoms with van der Waals surface area (Å²) in [5, 5.41) is 3.41. The largest absolute Gasteiger partial charge is 0.370 e. The number of carbonyl (C=O) groups is 2. The molecule has 7 nitrogen and oxygen atoms in total. The molecule has 0 radical (unpaired) electrons. The van der Waals surface area contributed by atoms with Crippen LogP contribution in [-0.4, -0.2) is 55.7 Å². The van der Waals surface area contributed by atoms with Crippen molar-refractivity contribution in [3.05, 3.63) is 62.5 Å². The van der Waals surface area contributed by atoms with Gasteiger partial charge in [-0.05, 0) is 43.2 Å². The van der Waals surface area contributed by atoms with E-state index in [4.69, 9.17) is 16.3 Å². The third-order valence-electron chi connectivity index (χ3n) is 5.94. The highest BCUT2D eigenvalue weighted by molar-refractivity contribution is 6.30. The summed E-state index contributed by atoms with van der Waals surface area (Å²) in [6, 6.07) is 8.34. The summed E-state index contributed by atoms with van der Waals surface area (Å²) in [4.78, 5) is 40.2. The van der Waals surface area contributed by atoms with Crippen molar-refractivity contribution in [2.24, 2.45) is 0 Å². The first kappa shape index (κ1) is 21.7. The normalized spacial score (nSPS) is 16.7. The highest BCUT2D eigenvalue weighted by Crippen LogP contribution is 2.24. The lowest BCUT2D eigenvalue weighted by Crippen LogP contribution is -3.14. The summed E-state index contributed by atoms with van der Waals surface area (Å²) in [5.41, 5.74) is 1.32. The van der Waals surface area contributed by atoms with Crippen molar-refractivity contribution >= 4 is 23.3 Å². The molecule has 1 aromatic carbocycles. The molecular weight excluding hydrogens is 418 g/mol. The maximum absolute atomic E-state index is 13.3. The number of hydrogen-bond acceptors (Lipinski definition) is 4. The van der Waals surface area contributed by atoms with Crippen LogP contribution in [0.15, 0.2) is 35.1 Å². The lowest BCUT2D eigenvalue weighted by Gasteiger charge is -2.23. The van der Waals surface area contributed by atoms with Gasteiger partial charge in [-0.3, -0.25) is 19.0 Å². The number of nitrogens with zero attached hydrogens (tertiary/aromatic N) is 1. The number of hydrogen-bond donors (Lipinski definition) is 2. The molecule has 0 unspecified atom stereocenters. The molecule has 1 aliphatic carbocycles. The average Bonchev–Trinajstić information content (AvgIpc) is 2.78. The summed E-state index contributed by atoms with van der Waals surface area (Å²) in [5.74, 6) is -0.472. The van der Waals surface area contributed by atoms with Crippen molar-refractivity contribution < 1.29 is 19.2 Å². The number of Topliss-reactive ketones (excluding diaryl/α,β-unsaturated/α-hetero) is 1. The van der Waals surface area contributed by atoms with E-state index >= 15 is 0 Å².